The SMILES string of the molecule is COC(=O)C1=C(C)N([C@H](C)c2ccccc2)C(=O)/C1=C\c1ccc(Cl)cc1. The topological polar surface area (TPSA) is 46.6 Å². The first kappa shape index (κ1) is 18.9. The van der Waals surface area contributed by atoms with Crippen molar-refractivity contribution in [3.63, 3.8) is 0 Å². The summed E-state index contributed by atoms with van der Waals surface area (Å²) in [5.74, 6) is -0.747. The number of methoxy groups -OCH3 is 1. The van der Waals surface area contributed by atoms with Crippen LogP contribution in [0.1, 0.15) is 31.0 Å². The average Bonchev–Trinajstić information content (AvgIpc) is 2.93. The monoisotopic (exact) mass is 381 g/mol. The Hall–Kier alpha value is -2.85. The van der Waals surface area contributed by atoms with Crippen molar-refractivity contribution in [3.8, 4) is 0 Å². The molecule has 1 aliphatic rings. The van der Waals surface area contributed by atoms with Crippen molar-refractivity contribution < 1.29 is 14.3 Å². The Balaban J connectivity index is 2.08. The van der Waals surface area contributed by atoms with Crippen molar-refractivity contribution in [2.45, 2.75) is 19.9 Å². The summed E-state index contributed by atoms with van der Waals surface area (Å²) < 4.78 is 4.94. The van der Waals surface area contributed by atoms with E-state index in [4.69, 9.17) is 16.3 Å². The van der Waals surface area contributed by atoms with E-state index in [0.29, 0.717) is 21.9 Å². The third-order valence-electron chi connectivity index (χ3n) is 4.68. The maximum Gasteiger partial charge on any atom is 0.340 e. The Morgan fingerprint density at radius 1 is 1.11 bits per heavy atom. The number of halogens is 1. The first-order valence-corrected chi connectivity index (χ1v) is 8.97. The van der Waals surface area contributed by atoms with Gasteiger partial charge in [0.05, 0.1) is 24.3 Å². The molecule has 138 valence electrons. The number of amides is 1. The van der Waals surface area contributed by atoms with Gasteiger partial charge in [-0.05, 0) is 43.2 Å². The maximum absolute atomic E-state index is 13.2. The molecule has 1 heterocycles. The van der Waals surface area contributed by atoms with Crippen LogP contribution in [0.2, 0.25) is 5.02 Å². The second-order valence-corrected chi connectivity index (χ2v) is 6.76. The van der Waals surface area contributed by atoms with Gasteiger partial charge >= 0.3 is 5.97 Å². The van der Waals surface area contributed by atoms with Gasteiger partial charge in [-0.15, -0.1) is 0 Å². The van der Waals surface area contributed by atoms with E-state index in [1.165, 1.54) is 7.11 Å². The molecule has 0 radical (unpaired) electrons. The molecular weight excluding hydrogens is 362 g/mol. The second-order valence-electron chi connectivity index (χ2n) is 6.32. The molecule has 0 aliphatic carbocycles. The molecule has 0 unspecified atom stereocenters. The van der Waals surface area contributed by atoms with Gasteiger partial charge in [0.25, 0.3) is 5.91 Å². The van der Waals surface area contributed by atoms with Crippen LogP contribution in [-0.2, 0) is 14.3 Å². The number of nitrogens with zero attached hydrogens (tertiary/aromatic N) is 1. The first-order chi connectivity index (χ1) is 12.9. The zero-order valence-corrected chi connectivity index (χ0v) is 16.2. The van der Waals surface area contributed by atoms with E-state index in [9.17, 15) is 9.59 Å². The van der Waals surface area contributed by atoms with Crippen molar-refractivity contribution >= 4 is 29.6 Å². The summed E-state index contributed by atoms with van der Waals surface area (Å²) in [6.45, 7) is 3.71. The van der Waals surface area contributed by atoms with Crippen molar-refractivity contribution in [3.05, 3.63) is 87.6 Å². The van der Waals surface area contributed by atoms with E-state index in [1.807, 2.05) is 37.3 Å². The minimum absolute atomic E-state index is 0.213. The fourth-order valence-corrected chi connectivity index (χ4v) is 3.40. The van der Waals surface area contributed by atoms with Crippen LogP contribution in [0.15, 0.2) is 71.4 Å². The minimum Gasteiger partial charge on any atom is -0.465 e. The lowest BCUT2D eigenvalue weighted by Crippen LogP contribution is -2.28. The van der Waals surface area contributed by atoms with Crippen molar-refractivity contribution in [2.75, 3.05) is 7.11 Å². The second kappa shape index (κ2) is 7.80. The number of benzene rings is 2. The van der Waals surface area contributed by atoms with E-state index in [2.05, 4.69) is 0 Å². The van der Waals surface area contributed by atoms with Crippen molar-refractivity contribution in [1.82, 2.24) is 4.90 Å². The lowest BCUT2D eigenvalue weighted by atomic mass is 10.0. The van der Waals surface area contributed by atoms with Gasteiger partial charge in [0, 0.05) is 10.7 Å². The quantitative estimate of drug-likeness (QED) is 0.566. The molecule has 0 saturated heterocycles. The summed E-state index contributed by atoms with van der Waals surface area (Å²) in [5, 5.41) is 0.606. The van der Waals surface area contributed by atoms with E-state index < -0.39 is 5.97 Å². The van der Waals surface area contributed by atoms with Crippen LogP contribution >= 0.6 is 11.6 Å². The van der Waals surface area contributed by atoms with Gasteiger partial charge in [-0.25, -0.2) is 4.79 Å². The highest BCUT2D eigenvalue weighted by Crippen LogP contribution is 2.37. The van der Waals surface area contributed by atoms with Gasteiger partial charge in [0.2, 0.25) is 0 Å². The summed E-state index contributed by atoms with van der Waals surface area (Å²) in [6, 6.07) is 16.6. The third-order valence-corrected chi connectivity index (χ3v) is 4.93. The number of hydrogen-bond acceptors (Lipinski definition) is 3. The summed E-state index contributed by atoms with van der Waals surface area (Å²) in [6.07, 6.45) is 1.70. The molecule has 0 bridgehead atoms. The highest BCUT2D eigenvalue weighted by Gasteiger charge is 2.39. The van der Waals surface area contributed by atoms with Gasteiger partial charge in [-0.3, -0.25) is 4.79 Å². The number of carbonyl (C=O) groups excluding carboxylic acids is 2. The fourth-order valence-electron chi connectivity index (χ4n) is 3.27. The number of esters is 1. The number of rotatable bonds is 4. The molecule has 4 nitrogen and oxygen atoms in total. The Morgan fingerprint density at radius 2 is 1.74 bits per heavy atom. The van der Waals surface area contributed by atoms with Crippen LogP contribution < -0.4 is 0 Å². The van der Waals surface area contributed by atoms with Gasteiger partial charge in [0.1, 0.15) is 0 Å². The van der Waals surface area contributed by atoms with Crippen LogP contribution in [0.4, 0.5) is 0 Å². The summed E-state index contributed by atoms with van der Waals surface area (Å²) >= 11 is 5.93. The molecule has 0 fully saturated rings. The Kier molecular flexibility index (Phi) is 5.47. The molecule has 5 heteroatoms. The number of allylic oxidation sites excluding steroid dienone is 1. The standard InChI is InChI=1S/C22H20ClNO3/c1-14(17-7-5-4-6-8-17)24-15(2)20(22(26)27-3)19(21(24)25)13-16-9-11-18(23)12-10-16/h4-14H,1-3H3/b19-13-/t14-/m1/s1. The molecule has 2 aromatic rings. The Labute approximate surface area is 163 Å². The van der Waals surface area contributed by atoms with Gasteiger partial charge in [-0.2, -0.15) is 0 Å². The third kappa shape index (κ3) is 3.67. The minimum atomic E-state index is -0.524. The lowest BCUT2D eigenvalue weighted by molar-refractivity contribution is -0.136. The van der Waals surface area contributed by atoms with E-state index in [-0.39, 0.29) is 11.9 Å². The van der Waals surface area contributed by atoms with Gasteiger partial charge in [-0.1, -0.05) is 54.1 Å². The molecule has 1 amide bonds. The normalized spacial score (nSPS) is 16.8. The maximum atomic E-state index is 13.2. The van der Waals surface area contributed by atoms with Crippen molar-refractivity contribution in [2.24, 2.45) is 0 Å². The lowest BCUT2D eigenvalue weighted by Gasteiger charge is -2.26. The molecule has 3 rings (SSSR count). The number of hydrogen-bond donors (Lipinski definition) is 0. The van der Waals surface area contributed by atoms with Crippen molar-refractivity contribution in [1.29, 1.82) is 0 Å². The summed E-state index contributed by atoms with van der Waals surface area (Å²) in [4.78, 5) is 27.3. The molecule has 0 N–H and O–H groups in total. The van der Waals surface area contributed by atoms with Crippen LogP contribution in [0.5, 0.6) is 0 Å². The van der Waals surface area contributed by atoms with Crippen LogP contribution in [0.3, 0.4) is 0 Å². The van der Waals surface area contributed by atoms with Crippen LogP contribution in [0.25, 0.3) is 6.08 Å². The Morgan fingerprint density at radius 3 is 2.33 bits per heavy atom. The van der Waals surface area contributed by atoms with E-state index in [0.717, 1.165) is 11.1 Å². The summed E-state index contributed by atoms with van der Waals surface area (Å²) in [5.41, 5.74) is 2.97. The van der Waals surface area contributed by atoms with E-state index in [1.54, 1.807) is 42.2 Å². The average molecular weight is 382 g/mol. The predicted molar refractivity (Wildman–Crippen MR) is 106 cm³/mol. The number of ether oxygens (including phenoxy) is 1. The first-order valence-electron chi connectivity index (χ1n) is 8.59. The van der Waals surface area contributed by atoms with Crippen LogP contribution in [0, 0.1) is 0 Å². The summed E-state index contributed by atoms with van der Waals surface area (Å²) in [7, 11) is 1.32. The Bertz CT molecular complexity index is 930. The highest BCUT2D eigenvalue weighted by molar-refractivity contribution is 6.30. The molecule has 0 saturated carbocycles. The zero-order valence-electron chi connectivity index (χ0n) is 15.4. The molecule has 2 aromatic carbocycles. The van der Waals surface area contributed by atoms with Crippen LogP contribution in [-0.4, -0.2) is 23.9 Å². The molecule has 1 atom stereocenters. The van der Waals surface area contributed by atoms with Gasteiger partial charge < -0.3 is 9.64 Å². The molecule has 27 heavy (non-hydrogen) atoms. The molecule has 0 aromatic heterocycles. The van der Waals surface area contributed by atoms with Gasteiger partial charge in [0.15, 0.2) is 0 Å². The molecule has 1 aliphatic heterocycles. The number of carbonyl (C=O) groups is 2. The molecular formula is C22H20ClNO3. The van der Waals surface area contributed by atoms with E-state index >= 15 is 0 Å². The fraction of sp³-hybridized carbons (Fsp3) is 0.182. The molecule has 0 spiro atoms. The predicted octanol–water partition coefficient (Wildman–Crippen LogP) is 4.77. The highest BCUT2D eigenvalue weighted by atomic mass is 35.5. The largest absolute Gasteiger partial charge is 0.465 e. The zero-order chi connectivity index (χ0) is 19.6. The smallest absolute Gasteiger partial charge is 0.340 e.